The minimum atomic E-state index is -3.88. The Balaban J connectivity index is 0. The Bertz CT molecular complexity index is 1110. The Labute approximate surface area is 180 Å². The Kier molecular flexibility index (Phi) is 7.80. The smallest absolute Gasteiger partial charge is 0.261 e. The Hall–Kier alpha value is -3.35. The van der Waals surface area contributed by atoms with Crippen LogP contribution in [0, 0.1) is 17.0 Å². The van der Waals surface area contributed by atoms with Gasteiger partial charge in [-0.1, -0.05) is 6.92 Å². The molecule has 0 fully saturated rings. The topological polar surface area (TPSA) is 147 Å². The van der Waals surface area contributed by atoms with Crippen molar-refractivity contribution in [2.24, 2.45) is 0 Å². The zero-order valence-electron chi connectivity index (χ0n) is 16.3. The van der Waals surface area contributed by atoms with Crippen LogP contribution in [-0.2, 0) is 14.8 Å². The van der Waals surface area contributed by atoms with Crippen molar-refractivity contribution in [2.75, 3.05) is 34.8 Å². The number of amides is 1. The highest BCUT2D eigenvalue weighted by molar-refractivity contribution is 7.92. The molecule has 0 bridgehead atoms. The summed E-state index contributed by atoms with van der Waals surface area (Å²) in [6.45, 7) is 0.366. The van der Waals surface area contributed by atoms with Crippen LogP contribution in [0.4, 0.5) is 30.4 Å². The van der Waals surface area contributed by atoms with Gasteiger partial charge in [-0.25, -0.2) is 26.6 Å². The minimum Gasteiger partial charge on any atom is -0.475 e. The highest BCUT2D eigenvalue weighted by atomic mass is 32.2. The van der Waals surface area contributed by atoms with E-state index in [9.17, 15) is 26.4 Å². The van der Waals surface area contributed by atoms with Crippen LogP contribution >= 0.6 is 0 Å². The first-order chi connectivity index (χ1) is 14.6. The highest BCUT2D eigenvalue weighted by Gasteiger charge is 2.23. The zero-order chi connectivity index (χ0) is 23.2. The van der Waals surface area contributed by atoms with E-state index in [1.807, 2.05) is 4.72 Å². The summed E-state index contributed by atoms with van der Waals surface area (Å²) < 4.78 is 71.6. The number of hydrogen-bond donors (Lipinski definition) is 4. The van der Waals surface area contributed by atoms with Gasteiger partial charge in [-0.3, -0.25) is 14.9 Å². The van der Waals surface area contributed by atoms with Crippen molar-refractivity contribution < 1.29 is 35.4 Å². The lowest BCUT2D eigenvalue weighted by molar-refractivity contribution is 0.101. The first-order valence-electron chi connectivity index (χ1n) is 8.92. The van der Waals surface area contributed by atoms with Gasteiger partial charge in [0.05, 0.1) is 28.9 Å². The molecule has 0 saturated heterocycles. The second kappa shape index (κ2) is 10.1. The van der Waals surface area contributed by atoms with Gasteiger partial charge < -0.3 is 15.8 Å². The van der Waals surface area contributed by atoms with E-state index in [2.05, 4.69) is 10.3 Å². The molecule has 0 aliphatic rings. The molecule has 13 heteroatoms. The Morgan fingerprint density at radius 2 is 2.06 bits per heavy atom. The van der Waals surface area contributed by atoms with E-state index in [0.29, 0.717) is 0 Å². The molecule has 31 heavy (non-hydrogen) atoms. The van der Waals surface area contributed by atoms with E-state index < -0.39 is 58.0 Å². The van der Waals surface area contributed by atoms with Crippen LogP contribution in [0.1, 0.15) is 33.5 Å². The summed E-state index contributed by atoms with van der Waals surface area (Å²) in [7, 11) is -3.88. The number of nitrogens with two attached hydrogens (primary N) is 1. The summed E-state index contributed by atoms with van der Waals surface area (Å²) in [6, 6.07) is 2.76. The van der Waals surface area contributed by atoms with Gasteiger partial charge in [-0.2, -0.15) is 0 Å². The van der Waals surface area contributed by atoms with E-state index in [-0.39, 0.29) is 33.5 Å². The number of hydrogen-bond acceptors (Lipinski definition) is 7. The molecular formula is C18H26F3N5O4S. The first-order valence-corrected chi connectivity index (χ1v) is 10.6. The third kappa shape index (κ3) is 6.07. The Morgan fingerprint density at radius 1 is 1.35 bits per heavy atom. The van der Waals surface area contributed by atoms with Crippen LogP contribution in [-0.4, -0.2) is 44.2 Å². The lowest BCUT2D eigenvalue weighted by Crippen LogP contribution is -2.21. The third-order valence-corrected chi connectivity index (χ3v) is 5.28. The summed E-state index contributed by atoms with van der Waals surface area (Å²) in [6.07, 6.45) is 1.34. The van der Waals surface area contributed by atoms with Gasteiger partial charge in [0.15, 0.2) is 5.82 Å². The normalized spacial score (nSPS) is 11.1. The zero-order valence-corrected chi connectivity index (χ0v) is 17.2. The molecule has 1 heterocycles. The van der Waals surface area contributed by atoms with Gasteiger partial charge in [-0.15, -0.1) is 0 Å². The molecule has 5 N–H and O–H groups in total. The number of aromatic nitrogens is 1. The summed E-state index contributed by atoms with van der Waals surface area (Å²) in [5.74, 6) is -4.81. The quantitative estimate of drug-likeness (QED) is 0.330. The number of halogens is 3. The molecule has 0 saturated carbocycles. The van der Waals surface area contributed by atoms with Gasteiger partial charge in [-0.05, 0) is 24.6 Å². The SMILES string of the molecule is CCCS(=O)(=O)Nc1ccc(F)c(C(=O)Nc2cnc(N)c(C(=N)OCCF)c2)c1F.[HH].[HH].[HH]. The van der Waals surface area contributed by atoms with Gasteiger partial charge in [0.1, 0.15) is 30.5 Å². The van der Waals surface area contributed by atoms with Crippen LogP contribution < -0.4 is 15.8 Å². The molecule has 174 valence electrons. The number of carbonyl (C=O) groups excluding carboxylic acids is 1. The van der Waals surface area contributed by atoms with Crippen molar-refractivity contribution in [3.63, 3.8) is 0 Å². The summed E-state index contributed by atoms with van der Waals surface area (Å²) in [5, 5.41) is 9.92. The second-order valence-corrected chi connectivity index (χ2v) is 8.02. The lowest BCUT2D eigenvalue weighted by atomic mass is 10.1. The number of anilines is 3. The molecule has 0 unspecified atom stereocenters. The molecule has 9 nitrogen and oxygen atoms in total. The Morgan fingerprint density at radius 3 is 2.71 bits per heavy atom. The average Bonchev–Trinajstić information content (AvgIpc) is 2.69. The number of carbonyl (C=O) groups is 1. The molecule has 0 aliphatic heterocycles. The monoisotopic (exact) mass is 465 g/mol. The molecular weight excluding hydrogens is 439 g/mol. The van der Waals surface area contributed by atoms with Gasteiger partial charge in [0.25, 0.3) is 5.91 Å². The first kappa shape index (κ1) is 23.9. The van der Waals surface area contributed by atoms with Crippen molar-refractivity contribution in [1.82, 2.24) is 4.98 Å². The van der Waals surface area contributed by atoms with Crippen LogP contribution in [0.25, 0.3) is 0 Å². The summed E-state index contributed by atoms with van der Waals surface area (Å²) in [4.78, 5) is 16.2. The summed E-state index contributed by atoms with van der Waals surface area (Å²) in [5.41, 5.74) is 3.86. The highest BCUT2D eigenvalue weighted by Crippen LogP contribution is 2.24. The molecule has 1 aromatic carbocycles. The van der Waals surface area contributed by atoms with Crippen LogP contribution in [0.5, 0.6) is 0 Å². The molecule has 2 rings (SSSR count). The number of alkyl halides is 1. The molecule has 2 aromatic rings. The maximum atomic E-state index is 14.7. The number of nitrogens with zero attached hydrogens (tertiary/aromatic N) is 1. The van der Waals surface area contributed by atoms with E-state index in [0.717, 1.165) is 24.4 Å². The fraction of sp³-hybridized carbons (Fsp3) is 0.278. The molecule has 0 radical (unpaired) electrons. The standard InChI is InChI=1S/C18H20F3N5O4S.3H2/c1-2-7-31(28,29)26-13-4-3-12(20)14(15(13)21)18(27)25-10-8-11(16(22)24-9-10)17(23)30-6-5-19;;;/h3-4,8-9,23,26H,2,5-7H2,1H3,(H2,22,24)(H,25,27);3*1H. The molecule has 0 aliphatic carbocycles. The van der Waals surface area contributed by atoms with Crippen LogP contribution in [0.2, 0.25) is 0 Å². The number of pyridine rings is 1. The predicted octanol–water partition coefficient (Wildman–Crippen LogP) is 3.40. The maximum absolute atomic E-state index is 14.7. The van der Waals surface area contributed by atoms with Crippen molar-refractivity contribution >= 4 is 39.0 Å². The molecule has 1 amide bonds. The van der Waals surface area contributed by atoms with Crippen molar-refractivity contribution in [3.8, 4) is 0 Å². The predicted molar refractivity (Wildman–Crippen MR) is 116 cm³/mol. The number of nitrogen functional groups attached to an aromatic ring is 1. The maximum Gasteiger partial charge on any atom is 0.261 e. The number of benzene rings is 1. The number of nitrogens with one attached hydrogen (secondary N) is 3. The van der Waals surface area contributed by atoms with Crippen molar-refractivity contribution in [1.29, 1.82) is 5.41 Å². The number of ether oxygens (including phenoxy) is 1. The van der Waals surface area contributed by atoms with Gasteiger partial charge >= 0.3 is 0 Å². The van der Waals surface area contributed by atoms with Crippen molar-refractivity contribution in [2.45, 2.75) is 13.3 Å². The van der Waals surface area contributed by atoms with Crippen molar-refractivity contribution in [3.05, 3.63) is 47.2 Å². The van der Waals surface area contributed by atoms with Crippen LogP contribution in [0.15, 0.2) is 24.4 Å². The molecule has 0 spiro atoms. The summed E-state index contributed by atoms with van der Waals surface area (Å²) >= 11 is 0. The molecule has 0 atom stereocenters. The van der Waals surface area contributed by atoms with Gasteiger partial charge in [0.2, 0.25) is 15.9 Å². The van der Waals surface area contributed by atoms with E-state index in [4.69, 9.17) is 15.9 Å². The minimum absolute atomic E-state index is 0. The number of sulfonamides is 1. The molecule has 1 aromatic heterocycles. The van der Waals surface area contributed by atoms with Gasteiger partial charge in [0, 0.05) is 4.28 Å². The van der Waals surface area contributed by atoms with E-state index >= 15 is 0 Å². The lowest BCUT2D eigenvalue weighted by Gasteiger charge is -2.13. The second-order valence-electron chi connectivity index (χ2n) is 6.18. The largest absolute Gasteiger partial charge is 0.475 e. The van der Waals surface area contributed by atoms with Crippen LogP contribution in [0.3, 0.4) is 0 Å². The van der Waals surface area contributed by atoms with E-state index in [1.54, 1.807) is 6.92 Å². The average molecular weight is 465 g/mol. The van der Waals surface area contributed by atoms with E-state index in [1.165, 1.54) is 0 Å². The number of rotatable bonds is 9. The third-order valence-electron chi connectivity index (χ3n) is 3.80. The fourth-order valence-electron chi connectivity index (χ4n) is 2.46. The fourth-order valence-corrected chi connectivity index (χ4v) is 3.60.